The van der Waals surface area contributed by atoms with E-state index in [0.717, 1.165) is 10.4 Å². The summed E-state index contributed by atoms with van der Waals surface area (Å²) in [7, 11) is -2.30. The molecule has 0 saturated heterocycles. The van der Waals surface area contributed by atoms with Crippen LogP contribution in [0.15, 0.2) is 64.9 Å². The molecule has 0 radical (unpaired) electrons. The number of hydrogen-bond donors (Lipinski definition) is 3. The Hall–Kier alpha value is -3.02. The number of hydrogen-bond acceptors (Lipinski definition) is 8. The molecule has 8 nitrogen and oxygen atoms in total. The topological polar surface area (TPSA) is 136 Å². The summed E-state index contributed by atoms with van der Waals surface area (Å²) >= 11 is 1.53. The van der Waals surface area contributed by atoms with Gasteiger partial charge in [0.05, 0.1) is 31.8 Å². The summed E-state index contributed by atoms with van der Waals surface area (Å²) in [4.78, 5) is 13.6. The van der Waals surface area contributed by atoms with E-state index < -0.39 is 15.9 Å². The van der Waals surface area contributed by atoms with Crippen molar-refractivity contribution in [2.45, 2.75) is 4.90 Å². The maximum absolute atomic E-state index is 12.7. The number of aliphatic hydroxyl groups excluding tert-OH is 2. The molecule has 10 heteroatoms. The standard InChI is InChI=1S/C24H25NO7S2/c1-31-23-12-22(32-15-16(13-26)14-27)18(11-20(23)24-3-2-10-33-24)6-9-21(28)17-4-7-19(8-5-17)34(25,29)30/h2-12,16,26-27H,13-15H2,1H3,(H2,25,29,30)/b9-6+. The summed E-state index contributed by atoms with van der Waals surface area (Å²) in [5.74, 6) is 0.185. The van der Waals surface area contributed by atoms with Gasteiger partial charge in [0.15, 0.2) is 5.78 Å². The van der Waals surface area contributed by atoms with Crippen LogP contribution in [-0.4, -0.2) is 51.3 Å². The van der Waals surface area contributed by atoms with Crippen molar-refractivity contribution in [2.75, 3.05) is 26.9 Å². The summed E-state index contributed by atoms with van der Waals surface area (Å²) in [5, 5.41) is 25.7. The van der Waals surface area contributed by atoms with E-state index in [1.807, 2.05) is 23.6 Å². The summed E-state index contributed by atoms with van der Waals surface area (Å²) in [5.41, 5.74) is 1.70. The van der Waals surface area contributed by atoms with Gasteiger partial charge in [-0.1, -0.05) is 6.07 Å². The molecule has 0 fully saturated rings. The molecule has 3 aromatic rings. The van der Waals surface area contributed by atoms with Crippen molar-refractivity contribution >= 4 is 33.2 Å². The third kappa shape index (κ3) is 6.31. The second kappa shape index (κ2) is 11.4. The van der Waals surface area contributed by atoms with Gasteiger partial charge in [-0.15, -0.1) is 11.3 Å². The molecule has 4 N–H and O–H groups in total. The molecule has 0 bridgehead atoms. The average molecular weight is 504 g/mol. The fraction of sp³-hybridized carbons (Fsp3) is 0.208. The zero-order valence-electron chi connectivity index (χ0n) is 18.4. The Morgan fingerprint density at radius 1 is 1.12 bits per heavy atom. The third-order valence-corrected chi connectivity index (χ3v) is 6.82. The van der Waals surface area contributed by atoms with Gasteiger partial charge in [0.1, 0.15) is 11.5 Å². The van der Waals surface area contributed by atoms with Crippen molar-refractivity contribution in [1.29, 1.82) is 0 Å². The molecule has 0 unspecified atom stereocenters. The lowest BCUT2D eigenvalue weighted by molar-refractivity contribution is 0.104. The van der Waals surface area contributed by atoms with Crippen molar-refractivity contribution in [2.24, 2.45) is 11.1 Å². The zero-order chi connectivity index (χ0) is 24.7. The monoisotopic (exact) mass is 503 g/mol. The molecule has 2 aromatic carbocycles. The Morgan fingerprint density at radius 3 is 2.38 bits per heavy atom. The van der Waals surface area contributed by atoms with Gasteiger partial charge in [0, 0.05) is 33.6 Å². The smallest absolute Gasteiger partial charge is 0.238 e. The van der Waals surface area contributed by atoms with E-state index in [0.29, 0.717) is 22.6 Å². The predicted molar refractivity (Wildman–Crippen MR) is 131 cm³/mol. The van der Waals surface area contributed by atoms with Gasteiger partial charge in [0.2, 0.25) is 10.0 Å². The van der Waals surface area contributed by atoms with Gasteiger partial charge >= 0.3 is 0 Å². The van der Waals surface area contributed by atoms with Crippen molar-refractivity contribution in [1.82, 2.24) is 0 Å². The minimum atomic E-state index is -3.85. The number of ether oxygens (including phenoxy) is 2. The first-order chi connectivity index (χ1) is 16.3. The van der Waals surface area contributed by atoms with Crippen LogP contribution >= 0.6 is 11.3 Å². The van der Waals surface area contributed by atoms with Crippen LogP contribution in [0.5, 0.6) is 11.5 Å². The van der Waals surface area contributed by atoms with Crippen LogP contribution in [0.25, 0.3) is 16.5 Å². The Labute approximate surface area is 201 Å². The van der Waals surface area contributed by atoms with E-state index in [-0.39, 0.29) is 30.5 Å². The number of aliphatic hydroxyl groups is 2. The fourth-order valence-electron chi connectivity index (χ4n) is 3.07. The number of benzene rings is 2. The maximum atomic E-state index is 12.7. The van der Waals surface area contributed by atoms with Crippen LogP contribution in [0.1, 0.15) is 15.9 Å². The number of nitrogens with two attached hydrogens (primary N) is 1. The average Bonchev–Trinajstić information content (AvgIpc) is 3.37. The first kappa shape index (κ1) is 25.6. The molecule has 0 spiro atoms. The molecule has 0 aliphatic carbocycles. The molecular formula is C24H25NO7S2. The maximum Gasteiger partial charge on any atom is 0.238 e. The lowest BCUT2D eigenvalue weighted by Gasteiger charge is -2.17. The second-order valence-electron chi connectivity index (χ2n) is 7.38. The Bertz CT molecular complexity index is 1250. The first-order valence-electron chi connectivity index (χ1n) is 10.2. The van der Waals surface area contributed by atoms with Crippen molar-refractivity contribution in [3.05, 3.63) is 71.1 Å². The molecule has 1 heterocycles. The molecule has 0 amide bonds. The summed E-state index contributed by atoms with van der Waals surface area (Å²) in [6.45, 7) is -0.406. The van der Waals surface area contributed by atoms with Crippen molar-refractivity contribution < 1.29 is 32.9 Å². The highest BCUT2D eigenvalue weighted by atomic mass is 32.2. The Balaban J connectivity index is 1.95. The van der Waals surface area contributed by atoms with Gasteiger partial charge in [-0.05, 0) is 53.9 Å². The second-order valence-corrected chi connectivity index (χ2v) is 9.89. The molecule has 3 rings (SSSR count). The third-order valence-electron chi connectivity index (χ3n) is 4.99. The highest BCUT2D eigenvalue weighted by Gasteiger charge is 2.15. The zero-order valence-corrected chi connectivity index (χ0v) is 20.0. The number of allylic oxidation sites excluding steroid dienone is 1. The van der Waals surface area contributed by atoms with Crippen LogP contribution in [0.2, 0.25) is 0 Å². The van der Waals surface area contributed by atoms with E-state index in [2.05, 4.69) is 0 Å². The number of carbonyl (C=O) groups excluding carboxylic acids is 1. The molecule has 180 valence electrons. The predicted octanol–water partition coefficient (Wildman–Crippen LogP) is 2.95. The number of carbonyl (C=O) groups is 1. The largest absolute Gasteiger partial charge is 0.496 e. The first-order valence-corrected chi connectivity index (χ1v) is 12.6. The van der Waals surface area contributed by atoms with Crippen molar-refractivity contribution in [3.8, 4) is 21.9 Å². The lowest BCUT2D eigenvalue weighted by atomic mass is 10.0. The highest BCUT2D eigenvalue weighted by Crippen LogP contribution is 2.39. The van der Waals surface area contributed by atoms with E-state index >= 15 is 0 Å². The van der Waals surface area contributed by atoms with E-state index in [9.17, 15) is 23.4 Å². The number of ketones is 1. The minimum Gasteiger partial charge on any atom is -0.496 e. The van der Waals surface area contributed by atoms with Gasteiger partial charge in [0.25, 0.3) is 0 Å². The van der Waals surface area contributed by atoms with Crippen LogP contribution in [0.4, 0.5) is 0 Å². The number of methoxy groups -OCH3 is 1. The number of sulfonamides is 1. The van der Waals surface area contributed by atoms with Gasteiger partial charge < -0.3 is 19.7 Å². The Morgan fingerprint density at radius 2 is 1.82 bits per heavy atom. The van der Waals surface area contributed by atoms with Crippen LogP contribution < -0.4 is 14.6 Å². The molecule has 0 aliphatic heterocycles. The SMILES string of the molecule is COc1cc(OCC(CO)CO)c(/C=C/C(=O)c2ccc(S(N)(=O)=O)cc2)cc1-c1cccs1. The fourth-order valence-corrected chi connectivity index (χ4v) is 4.33. The van der Waals surface area contributed by atoms with Gasteiger partial charge in [-0.2, -0.15) is 0 Å². The molecule has 34 heavy (non-hydrogen) atoms. The van der Waals surface area contributed by atoms with E-state index in [4.69, 9.17) is 14.6 Å². The summed E-state index contributed by atoms with van der Waals surface area (Å²) < 4.78 is 34.2. The summed E-state index contributed by atoms with van der Waals surface area (Å²) in [6.07, 6.45) is 2.95. The van der Waals surface area contributed by atoms with Gasteiger partial charge in [-0.25, -0.2) is 13.6 Å². The molecular weight excluding hydrogens is 478 g/mol. The van der Waals surface area contributed by atoms with E-state index in [1.165, 1.54) is 41.7 Å². The number of primary sulfonamides is 1. The summed E-state index contributed by atoms with van der Waals surface area (Å²) in [6, 6.07) is 12.7. The van der Waals surface area contributed by atoms with Gasteiger partial charge in [-0.3, -0.25) is 4.79 Å². The molecule has 0 atom stereocenters. The molecule has 0 aliphatic rings. The van der Waals surface area contributed by atoms with Crippen molar-refractivity contribution in [3.63, 3.8) is 0 Å². The number of rotatable bonds is 11. The normalized spacial score (nSPS) is 11.8. The lowest BCUT2D eigenvalue weighted by Crippen LogP contribution is -2.20. The molecule has 0 saturated carbocycles. The van der Waals surface area contributed by atoms with Crippen LogP contribution in [0.3, 0.4) is 0 Å². The highest BCUT2D eigenvalue weighted by molar-refractivity contribution is 7.89. The van der Waals surface area contributed by atoms with E-state index in [1.54, 1.807) is 19.3 Å². The van der Waals surface area contributed by atoms with Crippen LogP contribution in [-0.2, 0) is 10.0 Å². The Kier molecular flexibility index (Phi) is 8.59. The van der Waals surface area contributed by atoms with Crippen LogP contribution in [0, 0.1) is 5.92 Å². The minimum absolute atomic E-state index is 0.0678. The quantitative estimate of drug-likeness (QED) is 0.270. The molecule has 1 aromatic heterocycles. The number of thiophene rings is 1.